The predicted octanol–water partition coefficient (Wildman–Crippen LogP) is 3.22. The number of carbonyl (C=O) groups is 2. The highest BCUT2D eigenvalue weighted by Gasteiger charge is 2.35. The third-order valence-corrected chi connectivity index (χ3v) is 5.58. The van der Waals surface area contributed by atoms with E-state index < -0.39 is 10.8 Å². The van der Waals surface area contributed by atoms with Gasteiger partial charge in [-0.25, -0.2) is 0 Å². The zero-order chi connectivity index (χ0) is 19.1. The van der Waals surface area contributed by atoms with Crippen molar-refractivity contribution in [3.05, 3.63) is 51.6 Å². The van der Waals surface area contributed by atoms with Crippen LogP contribution in [0, 0.1) is 10.1 Å². The number of nitrogens with zero attached hydrogens (tertiary/aromatic N) is 3. The maximum atomic E-state index is 13.1. The molecular weight excluding hydrogens is 346 g/mol. The summed E-state index contributed by atoms with van der Waals surface area (Å²) in [7, 11) is 0. The van der Waals surface area contributed by atoms with Gasteiger partial charge >= 0.3 is 0 Å². The average Bonchev–Trinajstić information content (AvgIpc) is 2.69. The lowest BCUT2D eigenvalue weighted by atomic mass is 9.93. The topological polar surface area (TPSA) is 83.8 Å². The Labute approximate surface area is 156 Å². The molecule has 2 heterocycles. The Morgan fingerprint density at radius 3 is 2.48 bits per heavy atom. The molecule has 2 amide bonds. The quantitative estimate of drug-likeness (QED) is 0.471. The van der Waals surface area contributed by atoms with Gasteiger partial charge in [-0.1, -0.05) is 18.6 Å². The highest BCUT2D eigenvalue weighted by atomic mass is 16.6. The molecule has 2 aliphatic heterocycles. The second-order valence-electron chi connectivity index (χ2n) is 7.32. The molecule has 0 spiro atoms. The second-order valence-corrected chi connectivity index (χ2v) is 7.32. The number of rotatable bonds is 4. The molecule has 1 saturated heterocycles. The predicted molar refractivity (Wildman–Crippen MR) is 101 cm³/mol. The van der Waals surface area contributed by atoms with Gasteiger partial charge in [-0.15, -0.1) is 0 Å². The fraction of sp³-hybridized carbons (Fsp3) is 0.400. The number of nitro benzene ring substituents is 1. The molecule has 0 bridgehead atoms. The van der Waals surface area contributed by atoms with Crippen LogP contribution in [-0.4, -0.2) is 52.2 Å². The molecule has 1 atom stereocenters. The Kier molecular flexibility index (Phi) is 4.39. The molecule has 0 aromatic heterocycles. The van der Waals surface area contributed by atoms with Gasteiger partial charge in [0.1, 0.15) is 0 Å². The first-order chi connectivity index (χ1) is 13.0. The number of carbonyl (C=O) groups excluding carboxylic acids is 2. The molecule has 27 heavy (non-hydrogen) atoms. The van der Waals surface area contributed by atoms with E-state index in [1.807, 2.05) is 6.92 Å². The van der Waals surface area contributed by atoms with Crippen LogP contribution in [0.3, 0.4) is 0 Å². The van der Waals surface area contributed by atoms with E-state index in [1.165, 1.54) is 23.5 Å². The Morgan fingerprint density at radius 2 is 1.78 bits per heavy atom. The van der Waals surface area contributed by atoms with Crippen molar-refractivity contribution in [2.24, 2.45) is 0 Å². The molecule has 2 aliphatic rings. The van der Waals surface area contributed by atoms with Gasteiger partial charge in [0.2, 0.25) is 0 Å². The van der Waals surface area contributed by atoms with Crippen LogP contribution in [0.15, 0.2) is 30.3 Å². The van der Waals surface area contributed by atoms with E-state index in [0.29, 0.717) is 16.3 Å². The van der Waals surface area contributed by atoms with Gasteiger partial charge in [0.25, 0.3) is 17.5 Å². The first-order valence-corrected chi connectivity index (χ1v) is 9.29. The van der Waals surface area contributed by atoms with Gasteiger partial charge in [0.05, 0.1) is 10.5 Å². The van der Waals surface area contributed by atoms with Crippen molar-refractivity contribution in [2.45, 2.75) is 32.2 Å². The third kappa shape index (κ3) is 2.98. The van der Waals surface area contributed by atoms with Crippen molar-refractivity contribution in [3.63, 3.8) is 0 Å². The summed E-state index contributed by atoms with van der Waals surface area (Å²) in [5.74, 6) is -0.771. The molecule has 140 valence electrons. The fourth-order valence-electron chi connectivity index (χ4n) is 4.15. The molecule has 0 radical (unpaired) electrons. The number of imide groups is 1. The Bertz CT molecular complexity index is 950. The number of nitro groups is 1. The maximum absolute atomic E-state index is 13.1. The van der Waals surface area contributed by atoms with Crippen molar-refractivity contribution >= 4 is 28.3 Å². The summed E-state index contributed by atoms with van der Waals surface area (Å²) in [4.78, 5) is 40.4. The summed E-state index contributed by atoms with van der Waals surface area (Å²) in [5.41, 5.74) is 0.532. The zero-order valence-corrected chi connectivity index (χ0v) is 15.2. The van der Waals surface area contributed by atoms with Gasteiger partial charge < -0.3 is 0 Å². The van der Waals surface area contributed by atoms with Crippen molar-refractivity contribution in [1.82, 2.24) is 9.80 Å². The molecule has 4 rings (SSSR count). The number of hydrogen-bond acceptors (Lipinski definition) is 5. The summed E-state index contributed by atoms with van der Waals surface area (Å²) in [5, 5.41) is 12.3. The molecule has 2 aromatic carbocycles. The SMILES string of the molecule is CC(CN1C(=O)c2cccc3cc([N+](=O)[O-])cc(c23)C1=O)N1CCCCC1. The zero-order valence-electron chi connectivity index (χ0n) is 15.2. The number of amides is 2. The van der Waals surface area contributed by atoms with Crippen molar-refractivity contribution in [2.75, 3.05) is 19.6 Å². The molecule has 2 aromatic rings. The monoisotopic (exact) mass is 367 g/mol. The van der Waals surface area contributed by atoms with E-state index in [-0.39, 0.29) is 29.7 Å². The Morgan fingerprint density at radius 1 is 1.07 bits per heavy atom. The summed E-state index contributed by atoms with van der Waals surface area (Å²) < 4.78 is 0. The number of benzene rings is 2. The van der Waals surface area contributed by atoms with Crippen LogP contribution >= 0.6 is 0 Å². The molecule has 7 nitrogen and oxygen atoms in total. The third-order valence-electron chi connectivity index (χ3n) is 5.58. The average molecular weight is 367 g/mol. The van der Waals surface area contributed by atoms with E-state index in [4.69, 9.17) is 0 Å². The molecular formula is C20H21N3O4. The van der Waals surface area contributed by atoms with E-state index >= 15 is 0 Å². The summed E-state index contributed by atoms with van der Waals surface area (Å²) in [6, 6.07) is 7.84. The van der Waals surface area contributed by atoms with E-state index in [1.54, 1.807) is 18.2 Å². The lowest BCUT2D eigenvalue weighted by Gasteiger charge is -2.36. The normalized spacial score (nSPS) is 18.8. The maximum Gasteiger partial charge on any atom is 0.270 e. The largest absolute Gasteiger partial charge is 0.299 e. The standard InChI is InChI=1S/C20H21N3O4/c1-13(21-8-3-2-4-9-21)12-22-19(24)16-7-5-6-14-10-15(23(26)27)11-17(18(14)16)20(22)25/h5-7,10-11,13H,2-4,8-9,12H2,1H3. The lowest BCUT2D eigenvalue weighted by molar-refractivity contribution is -0.384. The second kappa shape index (κ2) is 6.74. The minimum absolute atomic E-state index is 0.0534. The minimum Gasteiger partial charge on any atom is -0.299 e. The van der Waals surface area contributed by atoms with E-state index in [9.17, 15) is 19.7 Å². The van der Waals surface area contributed by atoms with Crippen LogP contribution in [0.5, 0.6) is 0 Å². The van der Waals surface area contributed by atoms with Gasteiger partial charge in [-0.3, -0.25) is 29.5 Å². The van der Waals surface area contributed by atoms with E-state index in [0.717, 1.165) is 25.9 Å². The van der Waals surface area contributed by atoms with Crippen LogP contribution < -0.4 is 0 Å². The van der Waals surface area contributed by atoms with E-state index in [2.05, 4.69) is 4.90 Å². The molecule has 0 N–H and O–H groups in total. The van der Waals surface area contributed by atoms with Crippen LogP contribution in [0.1, 0.15) is 46.9 Å². The van der Waals surface area contributed by atoms with Gasteiger partial charge in [-0.2, -0.15) is 0 Å². The van der Waals surface area contributed by atoms with Gasteiger partial charge in [0, 0.05) is 35.7 Å². The van der Waals surface area contributed by atoms with Crippen molar-refractivity contribution < 1.29 is 14.5 Å². The Balaban J connectivity index is 1.73. The summed E-state index contributed by atoms with van der Waals surface area (Å²) in [6.07, 6.45) is 3.46. The summed E-state index contributed by atoms with van der Waals surface area (Å²) >= 11 is 0. The Hall–Kier alpha value is -2.80. The minimum atomic E-state index is -0.507. The smallest absolute Gasteiger partial charge is 0.270 e. The number of likely N-dealkylation sites (tertiary alicyclic amines) is 1. The van der Waals surface area contributed by atoms with Crippen LogP contribution in [-0.2, 0) is 0 Å². The highest BCUT2D eigenvalue weighted by Crippen LogP contribution is 2.33. The first-order valence-electron chi connectivity index (χ1n) is 9.29. The van der Waals surface area contributed by atoms with Crippen LogP contribution in [0.2, 0.25) is 0 Å². The van der Waals surface area contributed by atoms with Gasteiger partial charge in [-0.05, 0) is 44.3 Å². The highest BCUT2D eigenvalue weighted by molar-refractivity contribution is 6.25. The van der Waals surface area contributed by atoms with Crippen LogP contribution in [0.25, 0.3) is 10.8 Å². The number of non-ortho nitro benzene ring substituents is 1. The van der Waals surface area contributed by atoms with Crippen LogP contribution in [0.4, 0.5) is 5.69 Å². The molecule has 0 saturated carbocycles. The van der Waals surface area contributed by atoms with Crippen molar-refractivity contribution in [3.8, 4) is 0 Å². The lowest BCUT2D eigenvalue weighted by Crippen LogP contribution is -2.49. The fourth-order valence-corrected chi connectivity index (χ4v) is 4.15. The molecule has 1 unspecified atom stereocenters. The number of piperidine rings is 1. The van der Waals surface area contributed by atoms with Crippen molar-refractivity contribution in [1.29, 1.82) is 0 Å². The molecule has 7 heteroatoms. The van der Waals surface area contributed by atoms with Gasteiger partial charge in [0.15, 0.2) is 0 Å². The molecule has 0 aliphatic carbocycles. The molecule has 1 fully saturated rings. The summed E-state index contributed by atoms with van der Waals surface area (Å²) in [6.45, 7) is 4.25. The first kappa shape index (κ1) is 17.6. The number of hydrogen-bond donors (Lipinski definition) is 0.